The van der Waals surface area contributed by atoms with E-state index in [0.717, 1.165) is 28.8 Å². The molecule has 0 spiro atoms. The standard InChI is InChI=1S/C26H39N3O8/c1-15(2)21-18(25(28-27-21)37-26-24(35)23(34)22(33)19(14-31)36-26)13-17-9-7-16(8-10-17)5-4-6-20(32)29(3)11-12-30/h7-10,15,19,22-24,26,30-31,33-35H,4-6,11-14H2,1-3H3,(H,27,28)/t19-,22-,23+,24-,26+/m1/s1. The van der Waals surface area contributed by atoms with Crippen LogP contribution < -0.4 is 4.74 Å². The SMILES string of the molecule is CC(C)c1[nH]nc(O[C@@H]2O[C@H](CO)[C@@H](O)[C@H](O)[C@H]2O)c1Cc1ccc(CCCC(=O)N(C)CCO)cc1. The third-order valence-corrected chi connectivity index (χ3v) is 6.64. The van der Waals surface area contributed by atoms with Crippen LogP contribution in [-0.4, -0.2) is 104 Å². The minimum absolute atomic E-state index is 0.0128. The van der Waals surface area contributed by atoms with Gasteiger partial charge in [0.1, 0.15) is 24.4 Å². The van der Waals surface area contributed by atoms with Crippen LogP contribution in [0.4, 0.5) is 0 Å². The van der Waals surface area contributed by atoms with E-state index >= 15 is 0 Å². The molecule has 6 N–H and O–H groups in total. The van der Waals surface area contributed by atoms with E-state index in [-0.39, 0.29) is 24.3 Å². The van der Waals surface area contributed by atoms with Crippen LogP contribution in [0, 0.1) is 0 Å². The maximum absolute atomic E-state index is 12.0. The van der Waals surface area contributed by atoms with Gasteiger partial charge in [0.2, 0.25) is 18.1 Å². The van der Waals surface area contributed by atoms with Crippen molar-refractivity contribution in [1.82, 2.24) is 15.1 Å². The van der Waals surface area contributed by atoms with Crippen LogP contribution in [0.1, 0.15) is 55.0 Å². The van der Waals surface area contributed by atoms with Crippen LogP contribution in [0.25, 0.3) is 0 Å². The normalized spacial score (nSPS) is 23.9. The van der Waals surface area contributed by atoms with Gasteiger partial charge >= 0.3 is 0 Å². The molecule has 1 aliphatic heterocycles. The molecule has 37 heavy (non-hydrogen) atoms. The summed E-state index contributed by atoms with van der Waals surface area (Å²) >= 11 is 0. The Morgan fingerprint density at radius 3 is 2.41 bits per heavy atom. The molecule has 11 heteroatoms. The van der Waals surface area contributed by atoms with Crippen molar-refractivity contribution in [3.8, 4) is 5.88 Å². The van der Waals surface area contributed by atoms with Crippen molar-refractivity contribution in [3.63, 3.8) is 0 Å². The van der Waals surface area contributed by atoms with Crippen molar-refractivity contribution >= 4 is 5.91 Å². The number of benzene rings is 1. The van der Waals surface area contributed by atoms with Gasteiger partial charge in [0.25, 0.3) is 0 Å². The number of likely N-dealkylation sites (N-methyl/N-ethyl adjacent to an activating group) is 1. The number of aromatic amines is 1. The van der Waals surface area contributed by atoms with Gasteiger partial charge < -0.3 is 39.9 Å². The molecule has 1 aliphatic rings. The number of hydrogen-bond donors (Lipinski definition) is 6. The predicted molar refractivity (Wildman–Crippen MR) is 134 cm³/mol. The lowest BCUT2D eigenvalue weighted by molar-refractivity contribution is -0.278. The van der Waals surface area contributed by atoms with Crippen LogP contribution in [0.15, 0.2) is 24.3 Å². The molecule has 206 valence electrons. The molecule has 0 aliphatic carbocycles. The maximum Gasteiger partial charge on any atom is 0.238 e. The zero-order valence-electron chi connectivity index (χ0n) is 21.6. The highest BCUT2D eigenvalue weighted by molar-refractivity contribution is 5.75. The van der Waals surface area contributed by atoms with Gasteiger partial charge in [-0.3, -0.25) is 9.89 Å². The van der Waals surface area contributed by atoms with E-state index in [1.54, 1.807) is 7.05 Å². The molecule has 1 fully saturated rings. The van der Waals surface area contributed by atoms with E-state index in [1.165, 1.54) is 4.90 Å². The highest BCUT2D eigenvalue weighted by atomic mass is 16.7. The Balaban J connectivity index is 1.67. The average Bonchev–Trinajstić information content (AvgIpc) is 3.27. The van der Waals surface area contributed by atoms with E-state index in [9.17, 15) is 25.2 Å². The van der Waals surface area contributed by atoms with Gasteiger partial charge in [0, 0.05) is 37.7 Å². The maximum atomic E-state index is 12.0. The number of aryl methyl sites for hydroxylation is 1. The minimum Gasteiger partial charge on any atom is -0.443 e. The summed E-state index contributed by atoms with van der Waals surface area (Å²) in [6.45, 7) is 3.76. The van der Waals surface area contributed by atoms with E-state index < -0.39 is 37.3 Å². The number of aliphatic hydroxyl groups is 5. The zero-order valence-corrected chi connectivity index (χ0v) is 21.6. The number of ether oxygens (including phenoxy) is 2. The largest absolute Gasteiger partial charge is 0.443 e. The van der Waals surface area contributed by atoms with Gasteiger partial charge in [0.15, 0.2) is 0 Å². The molecule has 0 unspecified atom stereocenters. The number of carbonyl (C=O) groups is 1. The van der Waals surface area contributed by atoms with Crippen LogP contribution >= 0.6 is 0 Å². The third-order valence-electron chi connectivity index (χ3n) is 6.64. The number of H-pyrrole nitrogens is 1. The Kier molecular flexibility index (Phi) is 10.4. The first-order valence-corrected chi connectivity index (χ1v) is 12.6. The molecule has 3 rings (SSSR count). The first-order chi connectivity index (χ1) is 17.7. The van der Waals surface area contributed by atoms with E-state index in [1.807, 2.05) is 38.1 Å². The van der Waals surface area contributed by atoms with Gasteiger partial charge in [0.05, 0.1) is 13.2 Å². The van der Waals surface area contributed by atoms with Crippen molar-refractivity contribution in [2.24, 2.45) is 0 Å². The Bertz CT molecular complexity index is 994. The Hall–Kier alpha value is -2.54. The molecule has 1 aromatic carbocycles. The highest BCUT2D eigenvalue weighted by Crippen LogP contribution is 2.31. The number of hydrogen-bond acceptors (Lipinski definition) is 9. The molecule has 2 aromatic rings. The number of aromatic nitrogens is 2. The summed E-state index contributed by atoms with van der Waals surface area (Å²) in [5.74, 6) is 0.330. The molecular weight excluding hydrogens is 482 g/mol. The summed E-state index contributed by atoms with van der Waals surface area (Å²) in [6, 6.07) is 8.04. The van der Waals surface area contributed by atoms with Gasteiger partial charge in [-0.2, -0.15) is 0 Å². The fourth-order valence-electron chi connectivity index (χ4n) is 4.32. The monoisotopic (exact) mass is 521 g/mol. The summed E-state index contributed by atoms with van der Waals surface area (Å²) in [5.41, 5.74) is 3.74. The Labute approximate surface area is 216 Å². The second-order valence-corrected chi connectivity index (χ2v) is 9.78. The van der Waals surface area contributed by atoms with Crippen molar-refractivity contribution in [1.29, 1.82) is 0 Å². The number of carbonyl (C=O) groups excluding carboxylic acids is 1. The topological polar surface area (TPSA) is 169 Å². The molecule has 1 aromatic heterocycles. The summed E-state index contributed by atoms with van der Waals surface area (Å²) in [6.07, 6.45) is -4.56. The summed E-state index contributed by atoms with van der Waals surface area (Å²) in [4.78, 5) is 13.6. The van der Waals surface area contributed by atoms with Gasteiger partial charge in [-0.1, -0.05) is 38.1 Å². The van der Waals surface area contributed by atoms with Crippen molar-refractivity contribution in [3.05, 3.63) is 46.6 Å². The second kappa shape index (κ2) is 13.3. The molecule has 0 radical (unpaired) electrons. The van der Waals surface area contributed by atoms with Crippen molar-refractivity contribution in [2.45, 2.75) is 76.2 Å². The first-order valence-electron chi connectivity index (χ1n) is 12.6. The molecule has 0 bridgehead atoms. The van der Waals surface area contributed by atoms with Crippen molar-refractivity contribution in [2.75, 3.05) is 26.8 Å². The quantitative estimate of drug-likeness (QED) is 0.226. The minimum atomic E-state index is -1.54. The molecule has 0 saturated carbocycles. The number of aliphatic hydroxyl groups excluding tert-OH is 5. The molecule has 1 saturated heterocycles. The number of amides is 1. The van der Waals surface area contributed by atoms with Gasteiger partial charge in [-0.15, -0.1) is 5.10 Å². The molecule has 2 heterocycles. The van der Waals surface area contributed by atoms with Crippen LogP contribution in [0.5, 0.6) is 5.88 Å². The van der Waals surface area contributed by atoms with E-state index in [0.29, 0.717) is 25.8 Å². The summed E-state index contributed by atoms with van der Waals surface area (Å²) in [7, 11) is 1.68. The molecule has 5 atom stereocenters. The zero-order chi connectivity index (χ0) is 27.1. The fourth-order valence-corrected chi connectivity index (χ4v) is 4.32. The van der Waals surface area contributed by atoms with Crippen molar-refractivity contribution < 1.29 is 39.8 Å². The highest BCUT2D eigenvalue weighted by Gasteiger charge is 2.45. The predicted octanol–water partition coefficient (Wildman–Crippen LogP) is 0.0760. The number of nitrogens with one attached hydrogen (secondary N) is 1. The molecular formula is C26H39N3O8. The first kappa shape index (κ1) is 29.0. The summed E-state index contributed by atoms with van der Waals surface area (Å²) in [5, 5.41) is 56.1. The number of rotatable bonds is 12. The lowest BCUT2D eigenvalue weighted by Crippen LogP contribution is -2.60. The lowest BCUT2D eigenvalue weighted by atomic mass is 9.97. The summed E-state index contributed by atoms with van der Waals surface area (Å²) < 4.78 is 11.3. The van der Waals surface area contributed by atoms with Gasteiger partial charge in [-0.25, -0.2) is 0 Å². The lowest BCUT2D eigenvalue weighted by Gasteiger charge is -2.39. The Morgan fingerprint density at radius 1 is 1.11 bits per heavy atom. The van der Waals surface area contributed by atoms with E-state index in [4.69, 9.17) is 14.6 Å². The third kappa shape index (κ3) is 7.28. The van der Waals surface area contributed by atoms with Crippen LogP contribution in [-0.2, 0) is 22.4 Å². The Morgan fingerprint density at radius 2 is 1.78 bits per heavy atom. The fraction of sp³-hybridized carbons (Fsp3) is 0.615. The number of nitrogens with zero attached hydrogens (tertiary/aromatic N) is 2. The average molecular weight is 522 g/mol. The smallest absolute Gasteiger partial charge is 0.238 e. The van der Waals surface area contributed by atoms with Crippen LogP contribution in [0.2, 0.25) is 0 Å². The second-order valence-electron chi connectivity index (χ2n) is 9.78. The molecule has 11 nitrogen and oxygen atoms in total. The van der Waals surface area contributed by atoms with Gasteiger partial charge in [-0.05, 0) is 29.9 Å². The van der Waals surface area contributed by atoms with Crippen LogP contribution in [0.3, 0.4) is 0 Å². The molecule has 1 amide bonds. The van der Waals surface area contributed by atoms with E-state index in [2.05, 4.69) is 10.2 Å².